The lowest BCUT2D eigenvalue weighted by Crippen LogP contribution is -2.50. The molecule has 0 saturated carbocycles. The van der Waals surface area contributed by atoms with E-state index < -0.39 is 0 Å². The molecule has 128 valence electrons. The van der Waals surface area contributed by atoms with Crippen LogP contribution in [0.1, 0.15) is 32.6 Å². The molecule has 0 spiro atoms. The maximum Gasteiger partial charge on any atom is 0.0120 e. The van der Waals surface area contributed by atoms with E-state index in [4.69, 9.17) is 0 Å². The van der Waals surface area contributed by atoms with Crippen LogP contribution in [-0.4, -0.2) is 98.1 Å². The lowest BCUT2D eigenvalue weighted by molar-refractivity contribution is 0.0640. The number of rotatable bonds is 4. The van der Waals surface area contributed by atoms with Crippen LogP contribution in [-0.2, 0) is 0 Å². The SMILES string of the molecule is CCN1CCN(CC2CCN(C3CCN(C)CC3)CC2)CC1. The molecule has 0 aromatic carbocycles. The summed E-state index contributed by atoms with van der Waals surface area (Å²) in [5.41, 5.74) is 0. The molecule has 3 saturated heterocycles. The first kappa shape index (κ1) is 16.7. The van der Waals surface area contributed by atoms with Crippen LogP contribution in [0.15, 0.2) is 0 Å². The fourth-order valence-electron chi connectivity index (χ4n) is 4.51. The number of nitrogens with zero attached hydrogens (tertiary/aromatic N) is 4. The summed E-state index contributed by atoms with van der Waals surface area (Å²) in [5, 5.41) is 0. The van der Waals surface area contributed by atoms with Crippen LogP contribution in [0.2, 0.25) is 0 Å². The Morgan fingerprint density at radius 2 is 1.32 bits per heavy atom. The molecule has 0 amide bonds. The minimum absolute atomic E-state index is 0.880. The highest BCUT2D eigenvalue weighted by Crippen LogP contribution is 2.24. The smallest absolute Gasteiger partial charge is 0.0120 e. The van der Waals surface area contributed by atoms with E-state index >= 15 is 0 Å². The molecule has 0 aromatic heterocycles. The second-order valence-corrected chi connectivity index (χ2v) is 7.75. The number of piperidine rings is 2. The van der Waals surface area contributed by atoms with Crippen molar-refractivity contribution in [2.24, 2.45) is 5.92 Å². The van der Waals surface area contributed by atoms with E-state index in [1.807, 2.05) is 0 Å². The molecule has 3 rings (SSSR count). The van der Waals surface area contributed by atoms with Gasteiger partial charge in [0.1, 0.15) is 0 Å². The standard InChI is InChI=1S/C18H36N4/c1-3-20-12-14-21(15-13-20)16-17-4-10-22(11-5-17)18-6-8-19(2)9-7-18/h17-18H,3-16H2,1-2H3. The molecule has 0 aliphatic carbocycles. The summed E-state index contributed by atoms with van der Waals surface area (Å²) in [7, 11) is 2.26. The quantitative estimate of drug-likeness (QED) is 0.779. The van der Waals surface area contributed by atoms with Crippen LogP contribution < -0.4 is 0 Å². The van der Waals surface area contributed by atoms with Gasteiger partial charge >= 0.3 is 0 Å². The summed E-state index contributed by atoms with van der Waals surface area (Å²) >= 11 is 0. The highest BCUT2D eigenvalue weighted by Gasteiger charge is 2.28. The van der Waals surface area contributed by atoms with Crippen LogP contribution in [0.4, 0.5) is 0 Å². The summed E-state index contributed by atoms with van der Waals surface area (Å²) < 4.78 is 0. The van der Waals surface area contributed by atoms with Gasteiger partial charge in [0.15, 0.2) is 0 Å². The first-order valence-electron chi connectivity index (χ1n) is 9.62. The maximum absolute atomic E-state index is 2.80. The molecule has 4 heteroatoms. The van der Waals surface area contributed by atoms with Crippen molar-refractivity contribution in [1.82, 2.24) is 19.6 Å². The zero-order chi connectivity index (χ0) is 15.4. The van der Waals surface area contributed by atoms with Crippen molar-refractivity contribution in [2.45, 2.75) is 38.6 Å². The average molecular weight is 309 g/mol. The lowest BCUT2D eigenvalue weighted by atomic mass is 9.93. The second kappa shape index (κ2) is 8.09. The van der Waals surface area contributed by atoms with E-state index in [1.165, 1.54) is 91.1 Å². The van der Waals surface area contributed by atoms with Gasteiger partial charge in [0.05, 0.1) is 0 Å². The largest absolute Gasteiger partial charge is 0.306 e. The molecule has 4 nitrogen and oxygen atoms in total. The topological polar surface area (TPSA) is 13.0 Å². The van der Waals surface area contributed by atoms with Gasteiger partial charge in [-0.25, -0.2) is 0 Å². The molecule has 0 radical (unpaired) electrons. The number of likely N-dealkylation sites (tertiary alicyclic amines) is 2. The minimum Gasteiger partial charge on any atom is -0.306 e. The van der Waals surface area contributed by atoms with Crippen LogP contribution in [0.5, 0.6) is 0 Å². The molecule has 3 heterocycles. The zero-order valence-electron chi connectivity index (χ0n) is 14.8. The van der Waals surface area contributed by atoms with Crippen LogP contribution in [0, 0.1) is 5.92 Å². The van der Waals surface area contributed by atoms with Crippen molar-refractivity contribution in [3.05, 3.63) is 0 Å². The predicted molar refractivity (Wildman–Crippen MR) is 93.4 cm³/mol. The van der Waals surface area contributed by atoms with Gasteiger partial charge in [-0.15, -0.1) is 0 Å². The van der Waals surface area contributed by atoms with Crippen LogP contribution in [0.25, 0.3) is 0 Å². The number of piperazine rings is 1. The van der Waals surface area contributed by atoms with Gasteiger partial charge in [-0.3, -0.25) is 0 Å². The Bertz CT molecular complexity index is 311. The molecule has 0 bridgehead atoms. The summed E-state index contributed by atoms with van der Waals surface area (Å²) in [6.07, 6.45) is 5.64. The Kier molecular flexibility index (Phi) is 6.14. The summed E-state index contributed by atoms with van der Waals surface area (Å²) in [6, 6.07) is 0.880. The highest BCUT2D eigenvalue weighted by molar-refractivity contribution is 4.84. The van der Waals surface area contributed by atoms with E-state index in [0.717, 1.165) is 12.0 Å². The van der Waals surface area contributed by atoms with Crippen LogP contribution >= 0.6 is 0 Å². The number of hydrogen-bond donors (Lipinski definition) is 0. The van der Waals surface area contributed by atoms with Gasteiger partial charge in [-0.05, 0) is 71.4 Å². The lowest BCUT2D eigenvalue weighted by Gasteiger charge is -2.42. The first-order chi connectivity index (χ1) is 10.7. The van der Waals surface area contributed by atoms with Gasteiger partial charge < -0.3 is 19.6 Å². The minimum atomic E-state index is 0.880. The fraction of sp³-hybridized carbons (Fsp3) is 1.00. The third kappa shape index (κ3) is 4.44. The number of hydrogen-bond acceptors (Lipinski definition) is 4. The Hall–Kier alpha value is -0.160. The third-order valence-corrected chi connectivity index (χ3v) is 6.28. The van der Waals surface area contributed by atoms with E-state index in [-0.39, 0.29) is 0 Å². The van der Waals surface area contributed by atoms with Crippen molar-refractivity contribution in [3.8, 4) is 0 Å². The van der Waals surface area contributed by atoms with E-state index in [1.54, 1.807) is 0 Å². The molecule has 0 N–H and O–H groups in total. The first-order valence-corrected chi connectivity index (χ1v) is 9.62. The van der Waals surface area contributed by atoms with Crippen molar-refractivity contribution in [3.63, 3.8) is 0 Å². The normalized spacial score (nSPS) is 29.2. The average Bonchev–Trinajstić information content (AvgIpc) is 2.57. The van der Waals surface area contributed by atoms with Gasteiger partial charge in [-0.2, -0.15) is 0 Å². The molecule has 3 fully saturated rings. The highest BCUT2D eigenvalue weighted by atomic mass is 15.3. The number of likely N-dealkylation sites (N-methyl/N-ethyl adjacent to an activating group) is 1. The van der Waals surface area contributed by atoms with Crippen molar-refractivity contribution in [1.29, 1.82) is 0 Å². The fourth-order valence-corrected chi connectivity index (χ4v) is 4.51. The summed E-state index contributed by atoms with van der Waals surface area (Å²) in [6.45, 7) is 15.3. The Balaban J connectivity index is 1.35. The summed E-state index contributed by atoms with van der Waals surface area (Å²) in [5.74, 6) is 0.954. The second-order valence-electron chi connectivity index (χ2n) is 7.75. The van der Waals surface area contributed by atoms with E-state index in [0.29, 0.717) is 0 Å². The maximum atomic E-state index is 2.80. The molecular weight excluding hydrogens is 272 g/mol. The molecule has 0 atom stereocenters. The third-order valence-electron chi connectivity index (χ3n) is 6.28. The van der Waals surface area contributed by atoms with Gasteiger partial charge in [0.2, 0.25) is 0 Å². The van der Waals surface area contributed by atoms with Crippen molar-refractivity contribution in [2.75, 3.05) is 72.5 Å². The van der Waals surface area contributed by atoms with Gasteiger partial charge in [-0.1, -0.05) is 6.92 Å². The molecule has 3 aliphatic rings. The molecule has 0 aromatic rings. The Morgan fingerprint density at radius 1 is 0.727 bits per heavy atom. The van der Waals surface area contributed by atoms with Gasteiger partial charge in [0.25, 0.3) is 0 Å². The van der Waals surface area contributed by atoms with Crippen molar-refractivity contribution >= 4 is 0 Å². The Morgan fingerprint density at radius 3 is 1.91 bits per heavy atom. The van der Waals surface area contributed by atoms with Gasteiger partial charge in [0, 0.05) is 38.8 Å². The monoisotopic (exact) mass is 308 g/mol. The molecular formula is C18H36N4. The van der Waals surface area contributed by atoms with E-state index in [2.05, 4.69) is 33.6 Å². The Labute approximate surface area is 137 Å². The molecule has 0 unspecified atom stereocenters. The van der Waals surface area contributed by atoms with Crippen LogP contribution in [0.3, 0.4) is 0 Å². The predicted octanol–water partition coefficient (Wildman–Crippen LogP) is 1.43. The van der Waals surface area contributed by atoms with Crippen molar-refractivity contribution < 1.29 is 0 Å². The molecule has 22 heavy (non-hydrogen) atoms. The van der Waals surface area contributed by atoms with E-state index in [9.17, 15) is 0 Å². The summed E-state index contributed by atoms with van der Waals surface area (Å²) in [4.78, 5) is 10.6. The molecule has 3 aliphatic heterocycles. The zero-order valence-corrected chi connectivity index (χ0v) is 14.8.